The maximum absolute atomic E-state index is 4.53. The van der Waals surface area contributed by atoms with E-state index in [1.165, 1.54) is 5.57 Å². The van der Waals surface area contributed by atoms with Gasteiger partial charge in [-0.05, 0) is 13.8 Å². The molecule has 0 saturated heterocycles. The van der Waals surface area contributed by atoms with E-state index < -0.39 is 0 Å². The Morgan fingerprint density at radius 3 is 2.29 bits per heavy atom. The molecule has 7 heavy (non-hydrogen) atoms. The maximum atomic E-state index is 4.53. The van der Waals surface area contributed by atoms with E-state index in [0.717, 1.165) is 0 Å². The Hall–Kier alpha value is -0.500. The van der Waals surface area contributed by atoms with Gasteiger partial charge in [0.2, 0.25) is 0 Å². The lowest BCUT2D eigenvalue weighted by Crippen LogP contribution is -2.00. The second-order valence-electron chi connectivity index (χ2n) is 1.54. The van der Waals surface area contributed by atoms with Crippen LogP contribution >= 0.6 is 0 Å². The number of nitrogens with one attached hydrogen (secondary N) is 1. The summed E-state index contributed by atoms with van der Waals surface area (Å²) in [5.41, 5.74) is 3.78. The Bertz CT molecular complexity index is 64.5. The van der Waals surface area contributed by atoms with E-state index >= 15 is 0 Å². The zero-order valence-electron chi connectivity index (χ0n) is 4.99. The van der Waals surface area contributed by atoms with Crippen LogP contribution in [0.25, 0.3) is 0 Å². The molecule has 0 bridgehead atoms. The summed E-state index contributed by atoms with van der Waals surface area (Å²) in [5.74, 6) is 0. The molecule has 0 rings (SSSR count). The second kappa shape index (κ2) is 3.68. The van der Waals surface area contributed by atoms with Crippen LogP contribution in [0, 0.1) is 0 Å². The van der Waals surface area contributed by atoms with Gasteiger partial charge in [0.15, 0.2) is 0 Å². The number of hydrogen-bond donors (Lipinski definition) is 1. The van der Waals surface area contributed by atoms with Crippen LogP contribution in [-0.4, -0.2) is 7.11 Å². The van der Waals surface area contributed by atoms with Gasteiger partial charge in [-0.25, -0.2) is 0 Å². The van der Waals surface area contributed by atoms with Crippen molar-refractivity contribution >= 4 is 0 Å². The topological polar surface area (TPSA) is 21.3 Å². The fourth-order valence-corrected chi connectivity index (χ4v) is 0.177. The monoisotopic (exact) mass is 101 g/mol. The van der Waals surface area contributed by atoms with E-state index in [0.29, 0.717) is 0 Å². The predicted octanol–water partition coefficient (Wildman–Crippen LogP) is 1.06. The van der Waals surface area contributed by atoms with Crippen molar-refractivity contribution in [3.05, 3.63) is 11.8 Å². The summed E-state index contributed by atoms with van der Waals surface area (Å²) in [5, 5.41) is 0. The molecule has 0 heterocycles. The molecule has 42 valence electrons. The van der Waals surface area contributed by atoms with Gasteiger partial charge in [0.1, 0.15) is 0 Å². The normalized spacial score (nSPS) is 7.86. The first-order valence-corrected chi connectivity index (χ1v) is 2.19. The Labute approximate surface area is 44.1 Å². The van der Waals surface area contributed by atoms with Gasteiger partial charge in [0.25, 0.3) is 0 Å². The highest BCUT2D eigenvalue weighted by molar-refractivity contribution is 4.88. The molecule has 1 N–H and O–H groups in total. The molecule has 2 nitrogen and oxygen atoms in total. The average Bonchev–Trinajstić information content (AvgIpc) is 1.61. The molecule has 2 heteroatoms. The molecule has 0 aromatic heterocycles. The van der Waals surface area contributed by atoms with Crippen molar-refractivity contribution in [3.63, 3.8) is 0 Å². The molecule has 0 fully saturated rings. The number of hydrogen-bond acceptors (Lipinski definition) is 2. The van der Waals surface area contributed by atoms with Crippen LogP contribution in [0.2, 0.25) is 0 Å². The van der Waals surface area contributed by atoms with Gasteiger partial charge in [0, 0.05) is 6.20 Å². The molecule has 0 aliphatic rings. The van der Waals surface area contributed by atoms with E-state index in [1.54, 1.807) is 13.3 Å². The number of rotatable bonds is 2. The Morgan fingerprint density at radius 2 is 2.14 bits per heavy atom. The maximum Gasteiger partial charge on any atom is 0.0636 e. The molecule has 0 unspecified atom stereocenters. The lowest BCUT2D eigenvalue weighted by Gasteiger charge is -1.92. The SMILES string of the molecule is CONC=C(C)C. The first kappa shape index (κ1) is 6.50. The van der Waals surface area contributed by atoms with E-state index in [-0.39, 0.29) is 0 Å². The Morgan fingerprint density at radius 1 is 1.57 bits per heavy atom. The Balaban J connectivity index is 3.08. The summed E-state index contributed by atoms with van der Waals surface area (Å²) < 4.78 is 0. The largest absolute Gasteiger partial charge is 0.280 e. The third-order valence-electron chi connectivity index (χ3n) is 0.465. The molecular weight excluding hydrogens is 90.1 g/mol. The summed E-state index contributed by atoms with van der Waals surface area (Å²) in [7, 11) is 1.58. The van der Waals surface area contributed by atoms with Gasteiger partial charge >= 0.3 is 0 Å². The predicted molar refractivity (Wildman–Crippen MR) is 29.6 cm³/mol. The van der Waals surface area contributed by atoms with Gasteiger partial charge in [-0.3, -0.25) is 10.3 Å². The van der Waals surface area contributed by atoms with Crippen molar-refractivity contribution in [1.29, 1.82) is 0 Å². The fourth-order valence-electron chi connectivity index (χ4n) is 0.177. The molecule has 0 spiro atoms. The van der Waals surface area contributed by atoms with Gasteiger partial charge in [-0.2, -0.15) is 0 Å². The van der Waals surface area contributed by atoms with E-state index in [4.69, 9.17) is 0 Å². The molecule has 0 amide bonds. The van der Waals surface area contributed by atoms with Crippen molar-refractivity contribution in [2.24, 2.45) is 0 Å². The van der Waals surface area contributed by atoms with Crippen molar-refractivity contribution in [2.45, 2.75) is 13.8 Å². The van der Waals surface area contributed by atoms with Crippen LogP contribution in [0.1, 0.15) is 13.8 Å². The summed E-state index contributed by atoms with van der Waals surface area (Å²) in [6.07, 6.45) is 1.79. The number of allylic oxidation sites excluding steroid dienone is 1. The van der Waals surface area contributed by atoms with Crippen LogP contribution in [0.5, 0.6) is 0 Å². The zero-order chi connectivity index (χ0) is 5.70. The number of hydroxylamine groups is 1. The van der Waals surface area contributed by atoms with Crippen molar-refractivity contribution in [3.8, 4) is 0 Å². The van der Waals surface area contributed by atoms with Gasteiger partial charge in [-0.1, -0.05) is 5.57 Å². The summed E-state index contributed by atoms with van der Waals surface area (Å²) in [6.45, 7) is 3.98. The zero-order valence-corrected chi connectivity index (χ0v) is 4.99. The van der Waals surface area contributed by atoms with Crippen LogP contribution in [0.15, 0.2) is 11.8 Å². The fraction of sp³-hybridized carbons (Fsp3) is 0.600. The first-order chi connectivity index (χ1) is 3.27. The summed E-state index contributed by atoms with van der Waals surface area (Å²) in [4.78, 5) is 4.53. The van der Waals surface area contributed by atoms with Gasteiger partial charge in [-0.15, -0.1) is 0 Å². The lowest BCUT2D eigenvalue weighted by atomic mass is 10.4. The third kappa shape index (κ3) is 5.50. The highest BCUT2D eigenvalue weighted by Gasteiger charge is 1.69. The molecule has 0 aliphatic carbocycles. The standard InChI is InChI=1S/C5H11NO/c1-5(2)4-6-7-3/h4,6H,1-3H3. The van der Waals surface area contributed by atoms with Crippen molar-refractivity contribution < 1.29 is 4.84 Å². The minimum atomic E-state index is 1.20. The summed E-state index contributed by atoms with van der Waals surface area (Å²) in [6, 6.07) is 0. The van der Waals surface area contributed by atoms with Gasteiger partial charge in [0.05, 0.1) is 7.11 Å². The lowest BCUT2D eigenvalue weighted by molar-refractivity contribution is 0.127. The Kier molecular flexibility index (Phi) is 3.42. The first-order valence-electron chi connectivity index (χ1n) is 2.19. The molecule has 0 aliphatic heterocycles. The third-order valence-corrected chi connectivity index (χ3v) is 0.465. The van der Waals surface area contributed by atoms with Crippen molar-refractivity contribution in [2.75, 3.05) is 7.11 Å². The molecule has 0 radical (unpaired) electrons. The van der Waals surface area contributed by atoms with Crippen molar-refractivity contribution in [1.82, 2.24) is 5.48 Å². The van der Waals surface area contributed by atoms with Crippen LogP contribution in [0.4, 0.5) is 0 Å². The van der Waals surface area contributed by atoms with Crippen LogP contribution in [-0.2, 0) is 4.84 Å². The molecule has 0 aromatic rings. The summed E-state index contributed by atoms with van der Waals surface area (Å²) >= 11 is 0. The average molecular weight is 101 g/mol. The van der Waals surface area contributed by atoms with Crippen LogP contribution in [0.3, 0.4) is 0 Å². The minimum Gasteiger partial charge on any atom is -0.280 e. The molecular formula is C5H11NO. The highest BCUT2D eigenvalue weighted by atomic mass is 16.6. The molecule has 0 atom stereocenters. The van der Waals surface area contributed by atoms with E-state index in [2.05, 4.69) is 10.3 Å². The van der Waals surface area contributed by atoms with E-state index in [9.17, 15) is 0 Å². The highest BCUT2D eigenvalue weighted by Crippen LogP contribution is 1.81. The van der Waals surface area contributed by atoms with Gasteiger partial charge < -0.3 is 0 Å². The minimum absolute atomic E-state index is 1.20. The van der Waals surface area contributed by atoms with E-state index in [1.807, 2.05) is 13.8 Å². The van der Waals surface area contributed by atoms with Crippen LogP contribution < -0.4 is 5.48 Å². The second-order valence-corrected chi connectivity index (χ2v) is 1.54. The molecule has 0 saturated carbocycles. The quantitative estimate of drug-likeness (QED) is 0.525. The smallest absolute Gasteiger partial charge is 0.0636 e. The molecule has 0 aromatic carbocycles.